The van der Waals surface area contributed by atoms with Crippen molar-refractivity contribution < 1.29 is 0 Å². The van der Waals surface area contributed by atoms with E-state index in [-0.39, 0.29) is 12.4 Å². The van der Waals surface area contributed by atoms with Crippen LogP contribution in [0.2, 0.25) is 0 Å². The van der Waals surface area contributed by atoms with E-state index < -0.39 is 0 Å². The number of aromatic nitrogens is 3. The summed E-state index contributed by atoms with van der Waals surface area (Å²) in [6, 6.07) is 3.82. The van der Waals surface area contributed by atoms with E-state index in [4.69, 9.17) is 0 Å². The van der Waals surface area contributed by atoms with Gasteiger partial charge in [0.1, 0.15) is 11.2 Å². The van der Waals surface area contributed by atoms with E-state index in [1.807, 2.05) is 12.1 Å². The molecule has 0 bridgehead atoms. The minimum absolute atomic E-state index is 0. The Morgan fingerprint density at radius 3 is 2.83 bits per heavy atom. The maximum atomic E-state index is 4.42. The molecule has 0 saturated heterocycles. The van der Waals surface area contributed by atoms with E-state index in [2.05, 4.69) is 25.5 Å². The fraction of sp³-hybridized carbons (Fsp3) is 0.250. The third kappa shape index (κ3) is 3.18. The first-order chi connectivity index (χ1) is 10.9. The van der Waals surface area contributed by atoms with Gasteiger partial charge in [-0.3, -0.25) is 10.4 Å². The van der Waals surface area contributed by atoms with Crippen LogP contribution in [-0.2, 0) is 12.8 Å². The maximum Gasteiger partial charge on any atom is 0.158 e. The summed E-state index contributed by atoms with van der Waals surface area (Å²) in [5.41, 5.74) is 5.49. The normalized spacial score (nSPS) is 13.7. The lowest BCUT2D eigenvalue weighted by Gasteiger charge is -2.11. The number of rotatable bonds is 3. The Bertz CT molecular complexity index is 831. The van der Waals surface area contributed by atoms with Gasteiger partial charge >= 0.3 is 0 Å². The van der Waals surface area contributed by atoms with Crippen molar-refractivity contribution in [1.29, 1.82) is 0 Å². The molecule has 0 atom stereocenters. The van der Waals surface area contributed by atoms with Crippen LogP contribution in [0.15, 0.2) is 36.0 Å². The number of thiophene rings is 1. The molecule has 7 heteroatoms. The van der Waals surface area contributed by atoms with Crippen molar-refractivity contribution in [3.05, 3.63) is 46.9 Å². The number of fused-ring (bicyclic) bond motifs is 3. The second-order valence-corrected chi connectivity index (χ2v) is 6.35. The van der Waals surface area contributed by atoms with Gasteiger partial charge in [0, 0.05) is 17.3 Å². The summed E-state index contributed by atoms with van der Waals surface area (Å²) in [4.78, 5) is 15.3. The highest BCUT2D eigenvalue weighted by molar-refractivity contribution is 7.19. The highest BCUT2D eigenvalue weighted by atomic mass is 35.5. The molecule has 0 aliphatic heterocycles. The summed E-state index contributed by atoms with van der Waals surface area (Å²) < 4.78 is 0. The molecule has 0 spiro atoms. The van der Waals surface area contributed by atoms with E-state index in [1.165, 1.54) is 23.3 Å². The molecule has 1 N–H and O–H groups in total. The zero-order valence-electron chi connectivity index (χ0n) is 12.4. The largest absolute Gasteiger partial charge is 0.265 e. The van der Waals surface area contributed by atoms with Gasteiger partial charge in [0.2, 0.25) is 0 Å². The van der Waals surface area contributed by atoms with Crippen LogP contribution in [0, 0.1) is 0 Å². The molecule has 3 heterocycles. The molecule has 3 aromatic rings. The molecule has 0 fully saturated rings. The topological polar surface area (TPSA) is 63.1 Å². The van der Waals surface area contributed by atoms with Gasteiger partial charge in [-0.15, -0.1) is 23.7 Å². The van der Waals surface area contributed by atoms with Crippen LogP contribution in [0.1, 0.15) is 28.8 Å². The molecule has 5 nitrogen and oxygen atoms in total. The lowest BCUT2D eigenvalue weighted by molar-refractivity contribution is 0.700. The van der Waals surface area contributed by atoms with Gasteiger partial charge in [-0.2, -0.15) is 5.10 Å². The highest BCUT2D eigenvalue weighted by Gasteiger charge is 2.19. The van der Waals surface area contributed by atoms with Gasteiger partial charge in [0.15, 0.2) is 5.82 Å². The Balaban J connectivity index is 0.00000156. The second-order valence-electron chi connectivity index (χ2n) is 5.26. The summed E-state index contributed by atoms with van der Waals surface area (Å²) in [5.74, 6) is 0.801. The predicted octanol–water partition coefficient (Wildman–Crippen LogP) is 3.83. The number of hydrazone groups is 1. The van der Waals surface area contributed by atoms with E-state index in [9.17, 15) is 0 Å². The summed E-state index contributed by atoms with van der Waals surface area (Å²) in [6.07, 6.45) is 11.7. The smallest absolute Gasteiger partial charge is 0.158 e. The number of nitrogens with one attached hydrogen (secondary N) is 1. The van der Waals surface area contributed by atoms with E-state index in [0.29, 0.717) is 0 Å². The molecule has 23 heavy (non-hydrogen) atoms. The number of hydrogen-bond donors (Lipinski definition) is 1. The number of pyridine rings is 1. The maximum absolute atomic E-state index is 4.42. The lowest BCUT2D eigenvalue weighted by atomic mass is 9.97. The third-order valence-electron chi connectivity index (χ3n) is 3.84. The molecular formula is C16H16ClN5S. The SMILES string of the molecule is C(=NNc1ncnc2sc3c(c12)CCCC3)c1ccncc1.Cl. The van der Waals surface area contributed by atoms with E-state index >= 15 is 0 Å². The number of halogens is 1. The van der Waals surface area contributed by atoms with Crippen molar-refractivity contribution in [3.8, 4) is 0 Å². The van der Waals surface area contributed by atoms with Crippen LogP contribution < -0.4 is 5.43 Å². The minimum Gasteiger partial charge on any atom is -0.265 e. The van der Waals surface area contributed by atoms with E-state index in [0.717, 1.165) is 34.4 Å². The number of nitrogens with zero attached hydrogens (tertiary/aromatic N) is 4. The van der Waals surface area contributed by atoms with E-state index in [1.54, 1.807) is 36.3 Å². The Morgan fingerprint density at radius 1 is 1.13 bits per heavy atom. The summed E-state index contributed by atoms with van der Waals surface area (Å²) >= 11 is 1.79. The fourth-order valence-corrected chi connectivity index (χ4v) is 4.02. The monoisotopic (exact) mass is 345 g/mol. The number of anilines is 1. The quantitative estimate of drug-likeness (QED) is 0.578. The molecule has 1 aliphatic carbocycles. The molecule has 0 unspecified atom stereocenters. The molecule has 1 aliphatic rings. The Hall–Kier alpha value is -2.05. The Morgan fingerprint density at radius 2 is 1.96 bits per heavy atom. The standard InChI is InChI=1S/C16H15N5S.ClH/c1-2-4-13-12(3-1)14-15(18-10-19-16(14)22-13)21-20-9-11-5-7-17-8-6-11;/h5-10H,1-4H2,(H,18,19,21);1H. The van der Waals surface area contributed by atoms with Gasteiger partial charge in [0.25, 0.3) is 0 Å². The van der Waals surface area contributed by atoms with Crippen molar-refractivity contribution in [2.45, 2.75) is 25.7 Å². The van der Waals surface area contributed by atoms with Crippen molar-refractivity contribution in [1.82, 2.24) is 15.0 Å². The molecule has 0 aromatic carbocycles. The summed E-state index contributed by atoms with van der Waals surface area (Å²) in [6.45, 7) is 0. The lowest BCUT2D eigenvalue weighted by Crippen LogP contribution is -2.00. The van der Waals surface area contributed by atoms with Crippen molar-refractivity contribution in [2.24, 2.45) is 5.10 Å². The van der Waals surface area contributed by atoms with Gasteiger partial charge in [-0.25, -0.2) is 9.97 Å². The van der Waals surface area contributed by atoms with Gasteiger partial charge in [-0.05, 0) is 48.9 Å². The molecule has 0 saturated carbocycles. The summed E-state index contributed by atoms with van der Waals surface area (Å²) in [7, 11) is 0. The van der Waals surface area contributed by atoms with Gasteiger partial charge < -0.3 is 0 Å². The van der Waals surface area contributed by atoms with Crippen LogP contribution >= 0.6 is 23.7 Å². The molecular weight excluding hydrogens is 330 g/mol. The van der Waals surface area contributed by atoms with Crippen LogP contribution in [-0.4, -0.2) is 21.2 Å². The molecule has 4 rings (SSSR count). The van der Waals surface area contributed by atoms with Crippen LogP contribution in [0.4, 0.5) is 5.82 Å². The van der Waals surface area contributed by atoms with Crippen molar-refractivity contribution >= 4 is 46.0 Å². The first-order valence-electron chi connectivity index (χ1n) is 7.36. The van der Waals surface area contributed by atoms with Crippen LogP contribution in [0.3, 0.4) is 0 Å². The first-order valence-corrected chi connectivity index (χ1v) is 8.18. The zero-order valence-corrected chi connectivity index (χ0v) is 14.0. The average molecular weight is 346 g/mol. The van der Waals surface area contributed by atoms with Crippen molar-refractivity contribution in [3.63, 3.8) is 0 Å². The molecule has 0 amide bonds. The van der Waals surface area contributed by atoms with Crippen molar-refractivity contribution in [2.75, 3.05) is 5.43 Å². The van der Waals surface area contributed by atoms with Gasteiger partial charge in [0.05, 0.1) is 11.6 Å². The third-order valence-corrected chi connectivity index (χ3v) is 5.04. The Kier molecular flexibility index (Phi) is 4.83. The molecule has 0 radical (unpaired) electrons. The Labute approximate surface area is 144 Å². The van der Waals surface area contributed by atoms with Gasteiger partial charge in [-0.1, -0.05) is 0 Å². The van der Waals surface area contributed by atoms with Crippen LogP contribution in [0.5, 0.6) is 0 Å². The second kappa shape index (κ2) is 7.02. The van der Waals surface area contributed by atoms with Crippen LogP contribution in [0.25, 0.3) is 10.2 Å². The molecule has 3 aromatic heterocycles. The number of hydrogen-bond acceptors (Lipinski definition) is 6. The highest BCUT2D eigenvalue weighted by Crippen LogP contribution is 2.37. The fourth-order valence-electron chi connectivity index (χ4n) is 2.79. The first kappa shape index (κ1) is 15.8. The average Bonchev–Trinajstić information content (AvgIpc) is 2.95. The number of aryl methyl sites for hydroxylation is 2. The summed E-state index contributed by atoms with van der Waals surface area (Å²) in [5, 5.41) is 5.45. The zero-order chi connectivity index (χ0) is 14.8. The minimum atomic E-state index is 0. The molecule has 118 valence electrons. The predicted molar refractivity (Wildman–Crippen MR) is 96.8 cm³/mol.